The van der Waals surface area contributed by atoms with Gasteiger partial charge in [-0.3, -0.25) is 9.78 Å². The zero-order valence-corrected chi connectivity index (χ0v) is 23.0. The van der Waals surface area contributed by atoms with Crippen LogP contribution >= 0.6 is 0 Å². The van der Waals surface area contributed by atoms with Crippen LogP contribution in [0.25, 0.3) is 0 Å². The first kappa shape index (κ1) is 28.0. The Balaban J connectivity index is 1.68. The fourth-order valence-electron chi connectivity index (χ4n) is 3.97. The molecular formula is C29H31N5O6. The standard InChI is InChI=1S/C29H31N5O6/c1-30-22-12-18(9-10-23(22)36-2)15-32-28-21(16-33-29(34-28)40-17-20-8-6-7-11-31-20)26(35)19-13-24(37-3)27(39-5)25(14-19)38-4/h6-14,16,30H,15,17H2,1-5H3,(H,32,33,34). The van der Waals surface area contributed by atoms with Crippen LogP contribution in [0.15, 0.2) is 60.9 Å². The summed E-state index contributed by atoms with van der Waals surface area (Å²) in [5, 5.41) is 6.38. The second kappa shape index (κ2) is 13.1. The molecule has 0 aliphatic carbocycles. The molecule has 0 saturated carbocycles. The van der Waals surface area contributed by atoms with Gasteiger partial charge in [-0.1, -0.05) is 12.1 Å². The molecule has 0 aliphatic rings. The zero-order chi connectivity index (χ0) is 28.5. The van der Waals surface area contributed by atoms with Crippen molar-refractivity contribution in [3.63, 3.8) is 0 Å². The second-order valence-electron chi connectivity index (χ2n) is 8.41. The van der Waals surface area contributed by atoms with E-state index in [0.29, 0.717) is 35.2 Å². The molecule has 0 fully saturated rings. The van der Waals surface area contributed by atoms with Crippen LogP contribution in [0, 0.1) is 0 Å². The summed E-state index contributed by atoms with van der Waals surface area (Å²) in [4.78, 5) is 26.8. The van der Waals surface area contributed by atoms with E-state index in [9.17, 15) is 4.79 Å². The average molecular weight is 546 g/mol. The Morgan fingerprint density at radius 1 is 0.875 bits per heavy atom. The topological polar surface area (TPSA) is 126 Å². The van der Waals surface area contributed by atoms with E-state index in [2.05, 4.69) is 25.6 Å². The summed E-state index contributed by atoms with van der Waals surface area (Å²) < 4.78 is 27.4. The van der Waals surface area contributed by atoms with Crippen LogP contribution in [-0.2, 0) is 13.2 Å². The summed E-state index contributed by atoms with van der Waals surface area (Å²) in [6.07, 6.45) is 3.11. The summed E-state index contributed by atoms with van der Waals surface area (Å²) in [7, 11) is 7.91. The minimum absolute atomic E-state index is 0.0974. The van der Waals surface area contributed by atoms with Crippen LogP contribution in [0.2, 0.25) is 0 Å². The number of ketones is 1. The molecule has 11 nitrogen and oxygen atoms in total. The molecule has 0 aliphatic heterocycles. The van der Waals surface area contributed by atoms with E-state index in [1.54, 1.807) is 25.4 Å². The molecular weight excluding hydrogens is 514 g/mol. The highest BCUT2D eigenvalue weighted by molar-refractivity contribution is 6.12. The minimum atomic E-state index is -0.344. The third kappa shape index (κ3) is 6.32. The summed E-state index contributed by atoms with van der Waals surface area (Å²) in [6.45, 7) is 0.537. The highest BCUT2D eigenvalue weighted by Gasteiger charge is 2.22. The maximum atomic E-state index is 13.7. The predicted octanol–water partition coefficient (Wildman–Crippen LogP) is 4.37. The molecule has 0 unspecified atom stereocenters. The molecule has 0 radical (unpaired) electrons. The Hall–Kier alpha value is -5.06. The zero-order valence-electron chi connectivity index (χ0n) is 23.0. The number of carbonyl (C=O) groups excluding carboxylic acids is 1. The Morgan fingerprint density at radius 2 is 1.62 bits per heavy atom. The first-order chi connectivity index (χ1) is 19.5. The van der Waals surface area contributed by atoms with E-state index in [1.165, 1.54) is 27.5 Å². The van der Waals surface area contributed by atoms with E-state index in [4.69, 9.17) is 23.7 Å². The van der Waals surface area contributed by atoms with Gasteiger partial charge in [-0.05, 0) is 42.0 Å². The van der Waals surface area contributed by atoms with Gasteiger partial charge < -0.3 is 34.3 Å². The van der Waals surface area contributed by atoms with Crippen molar-refractivity contribution in [1.29, 1.82) is 0 Å². The van der Waals surface area contributed by atoms with Crippen molar-refractivity contribution in [2.45, 2.75) is 13.2 Å². The molecule has 0 saturated heterocycles. The molecule has 2 aromatic heterocycles. The van der Waals surface area contributed by atoms with Crippen molar-refractivity contribution in [2.75, 3.05) is 46.1 Å². The largest absolute Gasteiger partial charge is 0.495 e. The van der Waals surface area contributed by atoms with Crippen LogP contribution in [0.4, 0.5) is 11.5 Å². The molecule has 0 amide bonds. The fourth-order valence-corrected chi connectivity index (χ4v) is 3.97. The molecule has 4 rings (SSSR count). The van der Waals surface area contributed by atoms with Gasteiger partial charge in [-0.2, -0.15) is 4.98 Å². The van der Waals surface area contributed by atoms with Gasteiger partial charge in [0.05, 0.1) is 45.4 Å². The number of hydrogen-bond acceptors (Lipinski definition) is 11. The monoisotopic (exact) mass is 545 g/mol. The molecule has 4 aromatic rings. The molecule has 40 heavy (non-hydrogen) atoms. The van der Waals surface area contributed by atoms with Gasteiger partial charge in [0.15, 0.2) is 17.3 Å². The van der Waals surface area contributed by atoms with Crippen molar-refractivity contribution in [2.24, 2.45) is 0 Å². The lowest BCUT2D eigenvalue weighted by molar-refractivity contribution is 0.103. The maximum Gasteiger partial charge on any atom is 0.318 e. The lowest BCUT2D eigenvalue weighted by Crippen LogP contribution is -2.13. The second-order valence-corrected chi connectivity index (χ2v) is 8.41. The van der Waals surface area contributed by atoms with Gasteiger partial charge in [0, 0.05) is 31.5 Å². The van der Waals surface area contributed by atoms with E-state index in [-0.39, 0.29) is 24.0 Å². The average Bonchev–Trinajstić information content (AvgIpc) is 3.01. The van der Waals surface area contributed by atoms with Gasteiger partial charge in [-0.25, -0.2) is 4.98 Å². The van der Waals surface area contributed by atoms with Gasteiger partial charge in [-0.15, -0.1) is 0 Å². The van der Waals surface area contributed by atoms with Crippen molar-refractivity contribution in [3.05, 3.63) is 83.3 Å². The fraction of sp³-hybridized carbons (Fsp3) is 0.241. The number of hydrogen-bond donors (Lipinski definition) is 2. The molecule has 0 atom stereocenters. The number of ether oxygens (including phenoxy) is 5. The highest BCUT2D eigenvalue weighted by Crippen LogP contribution is 2.39. The molecule has 2 aromatic carbocycles. The van der Waals surface area contributed by atoms with Crippen LogP contribution in [0.3, 0.4) is 0 Å². The lowest BCUT2D eigenvalue weighted by Gasteiger charge is -2.16. The van der Waals surface area contributed by atoms with Gasteiger partial charge in [0.2, 0.25) is 5.75 Å². The summed E-state index contributed by atoms with van der Waals surface area (Å²) in [6, 6.07) is 14.5. The van der Waals surface area contributed by atoms with Crippen molar-refractivity contribution in [3.8, 4) is 29.0 Å². The van der Waals surface area contributed by atoms with E-state index >= 15 is 0 Å². The van der Waals surface area contributed by atoms with Gasteiger partial charge in [0.25, 0.3) is 0 Å². The summed E-state index contributed by atoms with van der Waals surface area (Å²) in [5.74, 6) is 1.77. The Morgan fingerprint density at radius 3 is 2.25 bits per heavy atom. The van der Waals surface area contributed by atoms with Gasteiger partial charge >= 0.3 is 6.01 Å². The molecule has 2 heterocycles. The summed E-state index contributed by atoms with van der Waals surface area (Å²) >= 11 is 0. The molecule has 208 valence electrons. The smallest absolute Gasteiger partial charge is 0.318 e. The van der Waals surface area contributed by atoms with Crippen LogP contribution < -0.4 is 34.3 Å². The van der Waals surface area contributed by atoms with E-state index in [1.807, 2.05) is 43.4 Å². The third-order valence-corrected chi connectivity index (χ3v) is 6.01. The van der Waals surface area contributed by atoms with Crippen LogP contribution in [0.5, 0.6) is 29.0 Å². The van der Waals surface area contributed by atoms with E-state index in [0.717, 1.165) is 22.7 Å². The lowest BCUT2D eigenvalue weighted by atomic mass is 10.0. The molecule has 11 heteroatoms. The first-order valence-electron chi connectivity index (χ1n) is 12.3. The van der Waals surface area contributed by atoms with Crippen LogP contribution in [-0.4, -0.2) is 56.2 Å². The third-order valence-electron chi connectivity index (χ3n) is 6.01. The summed E-state index contributed by atoms with van der Waals surface area (Å²) in [5.41, 5.74) is 3.03. The number of pyridine rings is 1. The van der Waals surface area contributed by atoms with E-state index < -0.39 is 0 Å². The highest BCUT2D eigenvalue weighted by atomic mass is 16.5. The predicted molar refractivity (Wildman–Crippen MR) is 150 cm³/mol. The maximum absolute atomic E-state index is 13.7. The van der Waals surface area contributed by atoms with Crippen LogP contribution in [0.1, 0.15) is 27.2 Å². The normalized spacial score (nSPS) is 10.4. The van der Waals surface area contributed by atoms with Crippen molar-refractivity contribution >= 4 is 17.3 Å². The number of methoxy groups -OCH3 is 4. The number of rotatable bonds is 13. The Labute approximate surface area is 232 Å². The number of aromatic nitrogens is 3. The van der Waals surface area contributed by atoms with Gasteiger partial charge in [0.1, 0.15) is 18.2 Å². The molecule has 0 bridgehead atoms. The Bertz CT molecular complexity index is 1440. The SMILES string of the molecule is CNc1cc(CNc2nc(OCc3ccccn3)ncc2C(=O)c2cc(OC)c(OC)c(OC)c2)ccc1OC. The Kier molecular flexibility index (Phi) is 9.19. The van der Waals surface area contributed by atoms with Crippen molar-refractivity contribution < 1.29 is 28.5 Å². The molecule has 0 spiro atoms. The number of nitrogens with zero attached hydrogens (tertiary/aromatic N) is 3. The minimum Gasteiger partial charge on any atom is -0.495 e. The van der Waals surface area contributed by atoms with Crippen molar-refractivity contribution in [1.82, 2.24) is 15.0 Å². The number of carbonyl (C=O) groups is 1. The first-order valence-corrected chi connectivity index (χ1v) is 12.3. The molecule has 2 N–H and O–H groups in total. The number of anilines is 2. The quantitative estimate of drug-likeness (QED) is 0.233. The number of nitrogens with one attached hydrogen (secondary N) is 2. The number of benzene rings is 2.